The van der Waals surface area contributed by atoms with Gasteiger partial charge in [-0.15, -0.1) is 0 Å². The molecular formula is C26H30N2O4. The molecule has 2 aromatic carbocycles. The van der Waals surface area contributed by atoms with Crippen LogP contribution in [-0.4, -0.2) is 23.0 Å². The predicted octanol–water partition coefficient (Wildman–Crippen LogP) is 4.96. The van der Waals surface area contributed by atoms with E-state index in [1.807, 2.05) is 48.5 Å². The van der Waals surface area contributed by atoms with Crippen LogP contribution in [0, 0.1) is 6.92 Å². The van der Waals surface area contributed by atoms with Gasteiger partial charge in [0.2, 0.25) is 0 Å². The fourth-order valence-electron chi connectivity index (χ4n) is 3.64. The number of aryl methyl sites for hydroxylation is 1. The number of phenols is 1. The molecule has 2 aromatic rings. The fraction of sp³-hybridized carbons (Fsp3) is 0.346. The van der Waals surface area contributed by atoms with Crippen LogP contribution in [0.1, 0.15) is 63.8 Å². The lowest BCUT2D eigenvalue weighted by atomic mass is 9.78. The lowest BCUT2D eigenvalue weighted by Crippen LogP contribution is -2.54. The van der Waals surface area contributed by atoms with E-state index in [9.17, 15) is 19.5 Å². The topological polar surface area (TPSA) is 86.7 Å². The summed E-state index contributed by atoms with van der Waals surface area (Å²) in [6, 6.07) is 9.70. The first-order valence-corrected chi connectivity index (χ1v) is 10.6. The van der Waals surface area contributed by atoms with Crippen LogP contribution in [0.2, 0.25) is 0 Å². The molecule has 3 rings (SSSR count). The third-order valence-electron chi connectivity index (χ3n) is 5.45. The number of barbiturate groups is 1. The van der Waals surface area contributed by atoms with Gasteiger partial charge in [-0.05, 0) is 53.7 Å². The summed E-state index contributed by atoms with van der Waals surface area (Å²) in [6.07, 6.45) is 1.48. The van der Waals surface area contributed by atoms with Crippen molar-refractivity contribution in [2.45, 2.75) is 59.3 Å². The molecule has 1 fully saturated rings. The first-order chi connectivity index (χ1) is 14.7. The highest BCUT2D eigenvalue weighted by Gasteiger charge is 2.37. The highest BCUT2D eigenvalue weighted by Crippen LogP contribution is 2.40. The molecule has 6 heteroatoms. The van der Waals surface area contributed by atoms with Crippen molar-refractivity contribution in [2.24, 2.45) is 0 Å². The highest BCUT2D eigenvalue weighted by atomic mass is 16.3. The van der Waals surface area contributed by atoms with Crippen LogP contribution in [0.5, 0.6) is 5.75 Å². The van der Waals surface area contributed by atoms with Gasteiger partial charge in [0.05, 0.1) is 5.69 Å². The van der Waals surface area contributed by atoms with Gasteiger partial charge in [0.1, 0.15) is 11.3 Å². The van der Waals surface area contributed by atoms with Gasteiger partial charge in [-0.2, -0.15) is 0 Å². The largest absolute Gasteiger partial charge is 0.507 e. The number of imide groups is 2. The first-order valence-electron chi connectivity index (χ1n) is 10.6. The number of nitrogens with zero attached hydrogens (tertiary/aromatic N) is 1. The molecule has 1 saturated heterocycles. The molecule has 0 saturated carbocycles. The Labute approximate surface area is 188 Å². The second kappa shape index (κ2) is 7.93. The minimum Gasteiger partial charge on any atom is -0.507 e. The molecule has 0 unspecified atom stereocenters. The Balaban J connectivity index is 2.15. The van der Waals surface area contributed by atoms with Gasteiger partial charge in [0, 0.05) is 11.1 Å². The molecule has 168 valence electrons. The Hall–Kier alpha value is -3.41. The molecule has 32 heavy (non-hydrogen) atoms. The van der Waals surface area contributed by atoms with Crippen molar-refractivity contribution < 1.29 is 19.5 Å². The normalized spacial score (nSPS) is 16.5. The van der Waals surface area contributed by atoms with E-state index < -0.39 is 17.8 Å². The molecule has 1 aliphatic rings. The zero-order chi connectivity index (χ0) is 24.0. The molecule has 0 aliphatic carbocycles. The first kappa shape index (κ1) is 23.3. The van der Waals surface area contributed by atoms with Crippen molar-refractivity contribution >= 4 is 29.6 Å². The van der Waals surface area contributed by atoms with Crippen LogP contribution in [0.25, 0.3) is 6.08 Å². The van der Waals surface area contributed by atoms with Crippen molar-refractivity contribution in [3.8, 4) is 5.75 Å². The number of carbonyl (C=O) groups excluding carboxylic acids is 3. The summed E-state index contributed by atoms with van der Waals surface area (Å²) < 4.78 is 0. The van der Waals surface area contributed by atoms with Gasteiger partial charge in [0.25, 0.3) is 11.8 Å². The van der Waals surface area contributed by atoms with Crippen molar-refractivity contribution in [3.05, 3.63) is 64.2 Å². The third kappa shape index (κ3) is 4.44. The summed E-state index contributed by atoms with van der Waals surface area (Å²) in [4.78, 5) is 39.2. The number of rotatable bonds is 2. The van der Waals surface area contributed by atoms with Crippen LogP contribution < -0.4 is 10.2 Å². The van der Waals surface area contributed by atoms with Crippen LogP contribution in [0.4, 0.5) is 10.5 Å². The molecule has 0 bridgehead atoms. The fourth-order valence-corrected chi connectivity index (χ4v) is 3.64. The zero-order valence-electron chi connectivity index (χ0n) is 19.7. The van der Waals surface area contributed by atoms with Gasteiger partial charge in [-0.25, -0.2) is 9.69 Å². The maximum atomic E-state index is 13.2. The van der Waals surface area contributed by atoms with Crippen LogP contribution in [0.3, 0.4) is 0 Å². The number of carbonyl (C=O) groups is 3. The zero-order valence-corrected chi connectivity index (χ0v) is 19.7. The minimum absolute atomic E-state index is 0.143. The number of anilines is 1. The number of hydrogen-bond acceptors (Lipinski definition) is 4. The summed E-state index contributed by atoms with van der Waals surface area (Å²) >= 11 is 0. The Morgan fingerprint density at radius 3 is 1.84 bits per heavy atom. The average Bonchev–Trinajstić information content (AvgIpc) is 2.65. The molecule has 6 nitrogen and oxygen atoms in total. The summed E-state index contributed by atoms with van der Waals surface area (Å²) in [7, 11) is 0. The van der Waals surface area contributed by atoms with Crippen molar-refractivity contribution in [1.82, 2.24) is 5.32 Å². The minimum atomic E-state index is -0.780. The lowest BCUT2D eigenvalue weighted by Gasteiger charge is -2.28. The number of aromatic hydroxyl groups is 1. The van der Waals surface area contributed by atoms with Crippen molar-refractivity contribution in [2.75, 3.05) is 4.90 Å². The third-order valence-corrected chi connectivity index (χ3v) is 5.45. The number of nitrogens with one attached hydrogen (secondary N) is 1. The Morgan fingerprint density at radius 1 is 0.875 bits per heavy atom. The summed E-state index contributed by atoms with van der Waals surface area (Å²) in [5.74, 6) is -1.22. The number of hydrogen-bond donors (Lipinski definition) is 2. The van der Waals surface area contributed by atoms with E-state index in [2.05, 4.69) is 5.32 Å². The van der Waals surface area contributed by atoms with Gasteiger partial charge in [-0.1, -0.05) is 59.2 Å². The van der Waals surface area contributed by atoms with Crippen LogP contribution in [0.15, 0.2) is 42.0 Å². The molecule has 0 atom stereocenters. The second-order valence-corrected chi connectivity index (χ2v) is 10.3. The van der Waals surface area contributed by atoms with Crippen molar-refractivity contribution in [1.29, 1.82) is 0 Å². The van der Waals surface area contributed by atoms with Gasteiger partial charge >= 0.3 is 6.03 Å². The monoisotopic (exact) mass is 434 g/mol. The van der Waals surface area contributed by atoms with Gasteiger partial charge in [-0.3, -0.25) is 14.9 Å². The molecule has 0 radical (unpaired) electrons. The molecule has 4 amide bonds. The Bertz CT molecular complexity index is 1090. The number of benzene rings is 2. The van der Waals surface area contributed by atoms with E-state index in [1.54, 1.807) is 36.4 Å². The van der Waals surface area contributed by atoms with Crippen molar-refractivity contribution in [3.63, 3.8) is 0 Å². The Kier molecular flexibility index (Phi) is 5.77. The quantitative estimate of drug-likeness (QED) is 0.517. The number of phenolic OH excluding ortho intramolecular Hbond substituents is 1. The smallest absolute Gasteiger partial charge is 0.335 e. The van der Waals surface area contributed by atoms with E-state index in [-0.39, 0.29) is 22.2 Å². The molecule has 0 aromatic heterocycles. The number of urea groups is 1. The van der Waals surface area contributed by atoms with E-state index >= 15 is 0 Å². The summed E-state index contributed by atoms with van der Waals surface area (Å²) in [5.41, 5.74) is 2.54. The van der Waals surface area contributed by atoms with E-state index in [0.717, 1.165) is 10.5 Å². The molecule has 1 aliphatic heterocycles. The van der Waals surface area contributed by atoms with Crippen LogP contribution in [-0.2, 0) is 20.4 Å². The maximum Gasteiger partial charge on any atom is 0.335 e. The van der Waals surface area contributed by atoms with E-state index in [4.69, 9.17) is 0 Å². The molecule has 0 spiro atoms. The molecular weight excluding hydrogens is 404 g/mol. The molecule has 1 heterocycles. The summed E-state index contributed by atoms with van der Waals surface area (Å²) in [5, 5.41) is 13.2. The lowest BCUT2D eigenvalue weighted by molar-refractivity contribution is -0.122. The van der Waals surface area contributed by atoms with Gasteiger partial charge in [0.15, 0.2) is 0 Å². The standard InChI is InChI=1S/C26H30N2O4/c1-15-8-10-17(11-9-15)28-23(31)18(22(30)27-24(28)32)12-16-13-19(25(2,3)4)21(29)20(14-16)26(5,6)7/h8-14,29H,1-7H3,(H,27,30,32)/b18-12+. The maximum absolute atomic E-state index is 13.2. The van der Waals surface area contributed by atoms with E-state index in [1.165, 1.54) is 6.08 Å². The van der Waals surface area contributed by atoms with E-state index in [0.29, 0.717) is 22.4 Å². The average molecular weight is 435 g/mol. The predicted molar refractivity (Wildman–Crippen MR) is 126 cm³/mol. The molecule has 2 N–H and O–H groups in total. The summed E-state index contributed by atoms with van der Waals surface area (Å²) in [6.45, 7) is 13.8. The highest BCUT2D eigenvalue weighted by molar-refractivity contribution is 6.39. The number of amides is 4. The SMILES string of the molecule is Cc1ccc(N2C(=O)NC(=O)/C(=C\c3cc(C(C)(C)C)c(O)c(C(C)(C)C)c3)C2=O)cc1. The second-order valence-electron chi connectivity index (χ2n) is 10.3. The van der Waals surface area contributed by atoms with Crippen LogP contribution >= 0.6 is 0 Å². The Morgan fingerprint density at radius 2 is 1.38 bits per heavy atom. The van der Waals surface area contributed by atoms with Gasteiger partial charge < -0.3 is 5.11 Å².